The van der Waals surface area contributed by atoms with Gasteiger partial charge < -0.3 is 16.0 Å². The van der Waals surface area contributed by atoms with Crippen LogP contribution in [0, 0.1) is 0 Å². The molecule has 0 aliphatic carbocycles. The first-order chi connectivity index (χ1) is 14.3. The SMILES string of the molecule is NC(=O)c1cccc(CCNC(=O)N2CCN(S(=O)(=O)c3ccccc3Cl)CC2)c1. The van der Waals surface area contributed by atoms with Crippen molar-refractivity contribution in [3.05, 3.63) is 64.7 Å². The predicted octanol–water partition coefficient (Wildman–Crippen LogP) is 1.70. The second-order valence-corrected chi connectivity index (χ2v) is 9.18. The Balaban J connectivity index is 1.50. The van der Waals surface area contributed by atoms with Crippen molar-refractivity contribution in [3.8, 4) is 0 Å². The number of carbonyl (C=O) groups is 2. The number of hydrogen-bond acceptors (Lipinski definition) is 4. The largest absolute Gasteiger partial charge is 0.366 e. The van der Waals surface area contributed by atoms with E-state index in [0.29, 0.717) is 18.5 Å². The molecule has 0 bridgehead atoms. The van der Waals surface area contributed by atoms with Crippen LogP contribution >= 0.6 is 11.6 Å². The zero-order valence-corrected chi connectivity index (χ0v) is 17.8. The topological polar surface area (TPSA) is 113 Å². The number of benzene rings is 2. The van der Waals surface area contributed by atoms with E-state index in [1.807, 2.05) is 6.07 Å². The van der Waals surface area contributed by atoms with Crippen molar-refractivity contribution in [1.82, 2.24) is 14.5 Å². The molecule has 3 rings (SSSR count). The average molecular weight is 451 g/mol. The second-order valence-electron chi connectivity index (χ2n) is 6.87. The molecule has 0 radical (unpaired) electrons. The second kappa shape index (κ2) is 9.46. The number of nitrogens with zero attached hydrogens (tertiary/aromatic N) is 2. The molecule has 10 heteroatoms. The van der Waals surface area contributed by atoms with Gasteiger partial charge in [-0.2, -0.15) is 4.31 Å². The zero-order chi connectivity index (χ0) is 21.7. The van der Waals surface area contributed by atoms with Crippen LogP contribution in [0.4, 0.5) is 4.79 Å². The lowest BCUT2D eigenvalue weighted by Gasteiger charge is -2.34. The molecule has 1 aliphatic rings. The van der Waals surface area contributed by atoms with E-state index in [0.717, 1.165) is 5.56 Å². The molecule has 1 heterocycles. The Morgan fingerprint density at radius 2 is 1.73 bits per heavy atom. The van der Waals surface area contributed by atoms with E-state index in [-0.39, 0.29) is 42.1 Å². The van der Waals surface area contributed by atoms with Gasteiger partial charge in [0.15, 0.2) is 0 Å². The summed E-state index contributed by atoms with van der Waals surface area (Å²) in [7, 11) is -3.70. The van der Waals surface area contributed by atoms with Gasteiger partial charge in [-0.3, -0.25) is 4.79 Å². The number of sulfonamides is 1. The first-order valence-electron chi connectivity index (χ1n) is 9.45. The highest BCUT2D eigenvalue weighted by molar-refractivity contribution is 7.89. The van der Waals surface area contributed by atoms with Crippen molar-refractivity contribution in [2.45, 2.75) is 11.3 Å². The average Bonchev–Trinajstić information content (AvgIpc) is 2.74. The summed E-state index contributed by atoms with van der Waals surface area (Å²) in [5, 5.41) is 3.00. The summed E-state index contributed by atoms with van der Waals surface area (Å²) in [5.41, 5.74) is 6.59. The van der Waals surface area contributed by atoms with Crippen molar-refractivity contribution in [2.24, 2.45) is 5.73 Å². The van der Waals surface area contributed by atoms with Gasteiger partial charge in [-0.15, -0.1) is 0 Å². The monoisotopic (exact) mass is 450 g/mol. The van der Waals surface area contributed by atoms with Crippen LogP contribution in [-0.4, -0.2) is 62.3 Å². The van der Waals surface area contributed by atoms with Crippen molar-refractivity contribution >= 4 is 33.6 Å². The number of carbonyl (C=O) groups excluding carboxylic acids is 2. The van der Waals surface area contributed by atoms with Crippen molar-refractivity contribution in [1.29, 1.82) is 0 Å². The van der Waals surface area contributed by atoms with E-state index in [2.05, 4.69) is 5.32 Å². The fraction of sp³-hybridized carbons (Fsp3) is 0.300. The highest BCUT2D eigenvalue weighted by Gasteiger charge is 2.31. The number of halogens is 1. The van der Waals surface area contributed by atoms with Crippen LogP contribution in [-0.2, 0) is 16.4 Å². The van der Waals surface area contributed by atoms with Gasteiger partial charge in [0.2, 0.25) is 15.9 Å². The smallest absolute Gasteiger partial charge is 0.317 e. The third-order valence-electron chi connectivity index (χ3n) is 4.88. The quantitative estimate of drug-likeness (QED) is 0.697. The third kappa shape index (κ3) is 5.10. The summed E-state index contributed by atoms with van der Waals surface area (Å²) in [6, 6.07) is 13.0. The lowest BCUT2D eigenvalue weighted by Crippen LogP contribution is -2.53. The summed E-state index contributed by atoms with van der Waals surface area (Å²) < 4.78 is 26.9. The number of nitrogens with one attached hydrogen (secondary N) is 1. The van der Waals surface area contributed by atoms with Gasteiger partial charge in [-0.1, -0.05) is 35.9 Å². The van der Waals surface area contributed by atoms with Crippen molar-refractivity contribution < 1.29 is 18.0 Å². The molecule has 3 amide bonds. The molecule has 8 nitrogen and oxygen atoms in total. The Kier molecular flexibility index (Phi) is 6.96. The number of amides is 3. The van der Waals surface area contributed by atoms with E-state index in [4.69, 9.17) is 17.3 Å². The molecule has 1 fully saturated rings. The predicted molar refractivity (Wildman–Crippen MR) is 114 cm³/mol. The minimum absolute atomic E-state index is 0.0720. The Labute approximate surface area is 180 Å². The molecule has 30 heavy (non-hydrogen) atoms. The van der Waals surface area contributed by atoms with E-state index in [9.17, 15) is 18.0 Å². The van der Waals surface area contributed by atoms with Gasteiger partial charge in [0, 0.05) is 38.3 Å². The Hall–Kier alpha value is -2.62. The third-order valence-corrected chi connectivity index (χ3v) is 7.28. The van der Waals surface area contributed by atoms with Gasteiger partial charge in [-0.25, -0.2) is 13.2 Å². The van der Waals surface area contributed by atoms with Crippen LogP contribution in [0.15, 0.2) is 53.4 Å². The van der Waals surface area contributed by atoms with Crippen LogP contribution in [0.5, 0.6) is 0 Å². The van der Waals surface area contributed by atoms with Crippen LogP contribution in [0.2, 0.25) is 5.02 Å². The molecule has 1 saturated heterocycles. The molecule has 0 atom stereocenters. The highest BCUT2D eigenvalue weighted by Crippen LogP contribution is 2.25. The summed E-state index contributed by atoms with van der Waals surface area (Å²) in [6.07, 6.45) is 0.549. The number of rotatable bonds is 6. The maximum absolute atomic E-state index is 12.8. The highest BCUT2D eigenvalue weighted by atomic mass is 35.5. The molecule has 160 valence electrons. The number of nitrogens with two attached hydrogens (primary N) is 1. The Bertz CT molecular complexity index is 1040. The van der Waals surface area contributed by atoms with E-state index in [1.165, 1.54) is 16.4 Å². The lowest BCUT2D eigenvalue weighted by atomic mass is 10.1. The van der Waals surface area contributed by atoms with Crippen LogP contribution in [0.25, 0.3) is 0 Å². The molecule has 0 aromatic heterocycles. The summed E-state index contributed by atoms with van der Waals surface area (Å²) >= 11 is 6.04. The van der Waals surface area contributed by atoms with Crippen LogP contribution < -0.4 is 11.1 Å². The summed E-state index contributed by atoms with van der Waals surface area (Å²) in [6.45, 7) is 1.35. The first-order valence-corrected chi connectivity index (χ1v) is 11.3. The number of hydrogen-bond donors (Lipinski definition) is 2. The number of piperazine rings is 1. The number of primary amides is 1. The van der Waals surface area contributed by atoms with E-state index >= 15 is 0 Å². The summed E-state index contributed by atoms with van der Waals surface area (Å²) in [4.78, 5) is 25.3. The minimum atomic E-state index is -3.70. The lowest BCUT2D eigenvalue weighted by molar-refractivity contribution is 0.1000. The standard InChI is InChI=1S/C20H23ClN4O4S/c21-17-6-1-2-7-18(17)30(28,29)25-12-10-24(11-13-25)20(27)23-9-8-15-4-3-5-16(14-15)19(22)26/h1-7,14H,8-13H2,(H2,22,26)(H,23,27). The molecule has 0 spiro atoms. The molecular formula is C20H23ClN4O4S. The Morgan fingerprint density at radius 1 is 1.03 bits per heavy atom. The molecule has 0 saturated carbocycles. The maximum atomic E-state index is 12.8. The van der Waals surface area contributed by atoms with Crippen LogP contribution in [0.3, 0.4) is 0 Å². The molecule has 3 N–H and O–H groups in total. The van der Waals surface area contributed by atoms with Crippen LogP contribution in [0.1, 0.15) is 15.9 Å². The van der Waals surface area contributed by atoms with Gasteiger partial charge in [0.05, 0.1) is 5.02 Å². The van der Waals surface area contributed by atoms with Gasteiger partial charge in [0.25, 0.3) is 0 Å². The summed E-state index contributed by atoms with van der Waals surface area (Å²) in [5.74, 6) is -0.495. The minimum Gasteiger partial charge on any atom is -0.366 e. The van der Waals surface area contributed by atoms with Gasteiger partial charge in [-0.05, 0) is 36.2 Å². The van der Waals surface area contributed by atoms with Gasteiger partial charge in [0.1, 0.15) is 4.90 Å². The fourth-order valence-electron chi connectivity index (χ4n) is 3.23. The van der Waals surface area contributed by atoms with Crippen molar-refractivity contribution in [3.63, 3.8) is 0 Å². The molecule has 1 aliphatic heterocycles. The van der Waals surface area contributed by atoms with E-state index < -0.39 is 15.9 Å². The fourth-order valence-corrected chi connectivity index (χ4v) is 5.15. The number of urea groups is 1. The first kappa shape index (κ1) is 22.1. The van der Waals surface area contributed by atoms with E-state index in [1.54, 1.807) is 35.2 Å². The molecule has 2 aromatic carbocycles. The maximum Gasteiger partial charge on any atom is 0.317 e. The molecule has 0 unspecified atom stereocenters. The molecular weight excluding hydrogens is 428 g/mol. The van der Waals surface area contributed by atoms with Crippen molar-refractivity contribution in [2.75, 3.05) is 32.7 Å². The normalized spacial score (nSPS) is 15.0. The Morgan fingerprint density at radius 3 is 2.40 bits per heavy atom. The zero-order valence-electron chi connectivity index (χ0n) is 16.3. The van der Waals surface area contributed by atoms with Gasteiger partial charge >= 0.3 is 6.03 Å². The molecule has 2 aromatic rings.